The van der Waals surface area contributed by atoms with Gasteiger partial charge in [0, 0.05) is 18.2 Å². The number of benzene rings is 1. The lowest BCUT2D eigenvalue weighted by molar-refractivity contribution is 0.628. The van der Waals surface area contributed by atoms with E-state index in [0.29, 0.717) is 5.92 Å². The summed E-state index contributed by atoms with van der Waals surface area (Å²) in [5, 5.41) is 4.30. The molecule has 3 rings (SSSR count). The Morgan fingerprint density at radius 1 is 1.25 bits per heavy atom. The fourth-order valence-corrected chi connectivity index (χ4v) is 2.11. The molecule has 2 aromatic rings. The Morgan fingerprint density at radius 2 is 1.94 bits per heavy atom. The van der Waals surface area contributed by atoms with Crippen LogP contribution in [-0.2, 0) is 7.05 Å². The minimum atomic E-state index is -0.195. The van der Waals surface area contributed by atoms with E-state index >= 15 is 0 Å². The summed E-state index contributed by atoms with van der Waals surface area (Å²) in [5.74, 6) is 0.465. The number of aromatic nitrogens is 2. The van der Waals surface area contributed by atoms with Gasteiger partial charge in [-0.1, -0.05) is 0 Å². The van der Waals surface area contributed by atoms with Crippen LogP contribution in [0.3, 0.4) is 0 Å². The molecule has 1 heterocycles. The first-order valence-electron chi connectivity index (χ1n) is 5.53. The van der Waals surface area contributed by atoms with Gasteiger partial charge in [0.1, 0.15) is 5.82 Å². The topological polar surface area (TPSA) is 17.8 Å². The average molecular weight is 216 g/mol. The van der Waals surface area contributed by atoms with Crippen molar-refractivity contribution in [3.63, 3.8) is 0 Å². The molecule has 0 radical (unpaired) electrons. The minimum Gasteiger partial charge on any atom is -0.268 e. The molecule has 1 aromatic carbocycles. The van der Waals surface area contributed by atoms with Gasteiger partial charge in [-0.2, -0.15) is 5.10 Å². The molecule has 1 saturated carbocycles. The third-order valence-corrected chi connectivity index (χ3v) is 3.10. The summed E-state index contributed by atoms with van der Waals surface area (Å²) < 4.78 is 14.8. The van der Waals surface area contributed by atoms with Crippen LogP contribution in [0.5, 0.6) is 0 Å². The number of aryl methyl sites for hydroxylation is 1. The van der Waals surface area contributed by atoms with Gasteiger partial charge in [-0.25, -0.2) is 4.39 Å². The zero-order chi connectivity index (χ0) is 11.1. The van der Waals surface area contributed by atoms with Crippen LogP contribution in [0.2, 0.25) is 0 Å². The van der Waals surface area contributed by atoms with Gasteiger partial charge in [0.15, 0.2) is 0 Å². The van der Waals surface area contributed by atoms with E-state index in [1.54, 1.807) is 0 Å². The molecule has 1 aliphatic carbocycles. The fraction of sp³-hybridized carbons (Fsp3) is 0.308. The van der Waals surface area contributed by atoms with Gasteiger partial charge >= 0.3 is 0 Å². The Hall–Kier alpha value is -1.64. The van der Waals surface area contributed by atoms with Crippen LogP contribution >= 0.6 is 0 Å². The summed E-state index contributed by atoms with van der Waals surface area (Å²) in [4.78, 5) is 0. The molecule has 82 valence electrons. The molecular weight excluding hydrogens is 203 g/mol. The van der Waals surface area contributed by atoms with Gasteiger partial charge in [0.05, 0.1) is 11.9 Å². The Kier molecular flexibility index (Phi) is 2.06. The summed E-state index contributed by atoms with van der Waals surface area (Å²) in [7, 11) is 1.94. The maximum atomic E-state index is 12.9. The molecule has 0 aliphatic heterocycles. The highest BCUT2D eigenvalue weighted by Gasteiger charge is 2.28. The molecule has 0 amide bonds. The predicted octanol–water partition coefficient (Wildman–Crippen LogP) is 3.10. The summed E-state index contributed by atoms with van der Waals surface area (Å²) >= 11 is 0. The number of rotatable bonds is 2. The Bertz CT molecular complexity index is 509. The van der Waals surface area contributed by atoms with Gasteiger partial charge < -0.3 is 0 Å². The van der Waals surface area contributed by atoms with Crippen LogP contribution in [0, 0.1) is 5.82 Å². The van der Waals surface area contributed by atoms with Crippen molar-refractivity contribution >= 4 is 0 Å². The second-order valence-corrected chi connectivity index (χ2v) is 4.35. The Labute approximate surface area is 93.7 Å². The summed E-state index contributed by atoms with van der Waals surface area (Å²) in [6, 6.07) is 6.63. The molecule has 1 fully saturated rings. The van der Waals surface area contributed by atoms with Crippen LogP contribution in [-0.4, -0.2) is 9.78 Å². The molecule has 0 atom stereocenters. The number of halogens is 1. The van der Waals surface area contributed by atoms with Crippen LogP contribution < -0.4 is 0 Å². The smallest absolute Gasteiger partial charge is 0.123 e. The number of hydrogen-bond acceptors (Lipinski definition) is 1. The standard InChI is InChI=1S/C13H13FN2/c1-16-13(10-4-6-11(14)7-5-10)12(8-15-16)9-2-3-9/h4-9H,2-3H2,1H3. The molecule has 0 bridgehead atoms. The van der Waals surface area contributed by atoms with Crippen LogP contribution in [0.1, 0.15) is 24.3 Å². The molecule has 1 aromatic heterocycles. The number of hydrogen-bond donors (Lipinski definition) is 0. The molecule has 2 nitrogen and oxygen atoms in total. The maximum Gasteiger partial charge on any atom is 0.123 e. The third kappa shape index (κ3) is 1.52. The number of nitrogens with zero attached hydrogens (tertiary/aromatic N) is 2. The van der Waals surface area contributed by atoms with Gasteiger partial charge in [-0.05, 0) is 43.0 Å². The minimum absolute atomic E-state index is 0.195. The van der Waals surface area contributed by atoms with E-state index in [2.05, 4.69) is 5.10 Å². The molecular formula is C13H13FN2. The average Bonchev–Trinajstić information content (AvgIpc) is 3.05. The van der Waals surface area contributed by atoms with Crippen molar-refractivity contribution in [2.24, 2.45) is 7.05 Å². The van der Waals surface area contributed by atoms with Gasteiger partial charge in [0.2, 0.25) is 0 Å². The van der Waals surface area contributed by atoms with Crippen molar-refractivity contribution in [3.05, 3.63) is 41.8 Å². The zero-order valence-electron chi connectivity index (χ0n) is 9.15. The van der Waals surface area contributed by atoms with E-state index in [1.807, 2.05) is 30.1 Å². The SMILES string of the molecule is Cn1ncc(C2CC2)c1-c1ccc(F)cc1. The molecule has 16 heavy (non-hydrogen) atoms. The first-order chi connectivity index (χ1) is 7.75. The van der Waals surface area contributed by atoms with E-state index in [1.165, 1.54) is 30.5 Å². The van der Waals surface area contributed by atoms with E-state index < -0.39 is 0 Å². The van der Waals surface area contributed by atoms with Crippen LogP contribution in [0.4, 0.5) is 4.39 Å². The maximum absolute atomic E-state index is 12.9. The second-order valence-electron chi connectivity index (χ2n) is 4.35. The van der Waals surface area contributed by atoms with Crippen molar-refractivity contribution in [3.8, 4) is 11.3 Å². The largest absolute Gasteiger partial charge is 0.268 e. The normalized spacial score (nSPS) is 15.4. The van der Waals surface area contributed by atoms with E-state index in [0.717, 1.165) is 11.3 Å². The van der Waals surface area contributed by atoms with E-state index in [4.69, 9.17) is 0 Å². The first-order valence-corrected chi connectivity index (χ1v) is 5.53. The fourth-order valence-electron chi connectivity index (χ4n) is 2.11. The lowest BCUT2D eigenvalue weighted by Crippen LogP contribution is -1.95. The van der Waals surface area contributed by atoms with Gasteiger partial charge in [-0.3, -0.25) is 4.68 Å². The Morgan fingerprint density at radius 3 is 2.56 bits per heavy atom. The second kappa shape index (κ2) is 3.44. The quantitative estimate of drug-likeness (QED) is 0.754. The molecule has 1 aliphatic rings. The highest BCUT2D eigenvalue weighted by atomic mass is 19.1. The Balaban J connectivity index is 2.10. The molecule has 0 saturated heterocycles. The van der Waals surface area contributed by atoms with Crippen molar-refractivity contribution in [2.45, 2.75) is 18.8 Å². The van der Waals surface area contributed by atoms with Crippen molar-refractivity contribution in [1.82, 2.24) is 9.78 Å². The molecule has 0 N–H and O–H groups in total. The highest BCUT2D eigenvalue weighted by Crippen LogP contribution is 2.44. The first kappa shape index (κ1) is 9.58. The highest BCUT2D eigenvalue weighted by molar-refractivity contribution is 5.64. The monoisotopic (exact) mass is 216 g/mol. The zero-order valence-corrected chi connectivity index (χ0v) is 9.15. The summed E-state index contributed by atoms with van der Waals surface area (Å²) in [6.07, 6.45) is 4.44. The van der Waals surface area contributed by atoms with Crippen LogP contribution in [0.25, 0.3) is 11.3 Å². The molecule has 3 heteroatoms. The lowest BCUT2D eigenvalue weighted by atomic mass is 10.1. The predicted molar refractivity (Wildman–Crippen MR) is 60.6 cm³/mol. The van der Waals surface area contributed by atoms with Gasteiger partial charge in [0.25, 0.3) is 0 Å². The summed E-state index contributed by atoms with van der Waals surface area (Å²) in [6.45, 7) is 0. The van der Waals surface area contributed by atoms with E-state index in [-0.39, 0.29) is 5.82 Å². The van der Waals surface area contributed by atoms with Crippen molar-refractivity contribution in [2.75, 3.05) is 0 Å². The summed E-state index contributed by atoms with van der Waals surface area (Å²) in [5.41, 5.74) is 3.47. The van der Waals surface area contributed by atoms with Crippen molar-refractivity contribution in [1.29, 1.82) is 0 Å². The molecule has 0 unspecified atom stereocenters. The third-order valence-electron chi connectivity index (χ3n) is 3.10. The lowest BCUT2D eigenvalue weighted by Gasteiger charge is -2.05. The van der Waals surface area contributed by atoms with Gasteiger partial charge in [-0.15, -0.1) is 0 Å². The molecule has 0 spiro atoms. The van der Waals surface area contributed by atoms with E-state index in [9.17, 15) is 4.39 Å². The van der Waals surface area contributed by atoms with Crippen molar-refractivity contribution < 1.29 is 4.39 Å². The van der Waals surface area contributed by atoms with Crippen LogP contribution in [0.15, 0.2) is 30.5 Å².